The quantitative estimate of drug-likeness (QED) is 0.412. The van der Waals surface area contributed by atoms with Gasteiger partial charge < -0.3 is 19.9 Å². The van der Waals surface area contributed by atoms with E-state index in [1.165, 1.54) is 18.9 Å². The van der Waals surface area contributed by atoms with Gasteiger partial charge in [-0.05, 0) is 92.2 Å². The number of rotatable bonds is 7. The highest BCUT2D eigenvalue weighted by atomic mass is 35.5. The molecule has 4 bridgehead atoms. The van der Waals surface area contributed by atoms with Crippen LogP contribution < -0.4 is 14.8 Å². The topological polar surface area (TPSA) is 126 Å². The molecule has 2 N–H and O–H groups in total. The fourth-order valence-corrected chi connectivity index (χ4v) is 7.70. The predicted octanol–water partition coefficient (Wildman–Crippen LogP) is 5.09. The van der Waals surface area contributed by atoms with Crippen LogP contribution in [0.15, 0.2) is 42.5 Å². The number of carboxylic acid groups (broad SMARTS) is 1. The van der Waals surface area contributed by atoms with Gasteiger partial charge in [0.15, 0.2) is 5.69 Å². The average Bonchev–Trinajstić information content (AvgIpc) is 3.39. The first-order valence-corrected chi connectivity index (χ1v) is 13.7. The Kier molecular flexibility index (Phi) is 6.46. The Labute approximate surface area is 236 Å². The van der Waals surface area contributed by atoms with Crippen LogP contribution in [0.3, 0.4) is 0 Å². The standard InChI is InChI=1S/C30H29ClN4O5/c1-39-25-4-3-5-26(40-2)27(25)24-14-23(34-35(24)21-7-6-18(15-32)22(31)13-21)28(36)33-30(29(37)38)19-9-16-8-17(11-19)12-20(30)10-16/h3-7,13-14,16-17,19-20H,8-12H2,1-2H3,(H,33,36)(H,37,38). The second-order valence-electron chi connectivity index (χ2n) is 11.1. The summed E-state index contributed by atoms with van der Waals surface area (Å²) in [7, 11) is 3.07. The molecule has 4 aliphatic carbocycles. The van der Waals surface area contributed by atoms with Crippen molar-refractivity contribution >= 4 is 23.5 Å². The number of aromatic nitrogens is 2. The van der Waals surface area contributed by atoms with Crippen LogP contribution in [0.5, 0.6) is 11.5 Å². The maximum atomic E-state index is 13.9. The fraction of sp³-hybridized carbons (Fsp3) is 0.400. The van der Waals surface area contributed by atoms with E-state index in [2.05, 4.69) is 10.4 Å². The lowest BCUT2D eigenvalue weighted by Gasteiger charge is -2.59. The van der Waals surface area contributed by atoms with Gasteiger partial charge in [-0.1, -0.05) is 17.7 Å². The molecule has 4 aliphatic rings. The summed E-state index contributed by atoms with van der Waals surface area (Å²) < 4.78 is 12.8. The molecule has 0 saturated heterocycles. The molecule has 4 saturated carbocycles. The van der Waals surface area contributed by atoms with Crippen molar-refractivity contribution in [3.8, 4) is 34.5 Å². The van der Waals surface area contributed by atoms with Crippen LogP contribution in [0.4, 0.5) is 0 Å². The molecule has 2 aromatic carbocycles. The van der Waals surface area contributed by atoms with E-state index >= 15 is 0 Å². The van der Waals surface area contributed by atoms with Crippen LogP contribution in [0.1, 0.15) is 48.2 Å². The fourth-order valence-electron chi connectivity index (χ4n) is 7.48. The van der Waals surface area contributed by atoms with Crippen molar-refractivity contribution in [1.29, 1.82) is 5.26 Å². The van der Waals surface area contributed by atoms with Crippen molar-refractivity contribution in [1.82, 2.24) is 15.1 Å². The van der Waals surface area contributed by atoms with E-state index in [0.29, 0.717) is 45.8 Å². The first kappa shape index (κ1) is 26.2. The summed E-state index contributed by atoms with van der Waals surface area (Å²) in [5, 5.41) is 27.7. The lowest BCUT2D eigenvalue weighted by molar-refractivity contribution is -0.163. The van der Waals surface area contributed by atoms with Crippen LogP contribution in [0, 0.1) is 35.0 Å². The predicted molar refractivity (Wildman–Crippen MR) is 147 cm³/mol. The Morgan fingerprint density at radius 3 is 2.20 bits per heavy atom. The number of amides is 1. The molecule has 1 heterocycles. The highest BCUT2D eigenvalue weighted by Crippen LogP contribution is 2.58. The number of nitriles is 1. The third-order valence-corrected chi connectivity index (χ3v) is 9.36. The molecule has 0 radical (unpaired) electrons. The van der Waals surface area contributed by atoms with E-state index in [1.54, 1.807) is 42.5 Å². The average molecular weight is 561 g/mol. The number of carbonyl (C=O) groups is 2. The number of methoxy groups -OCH3 is 2. The number of nitrogens with one attached hydrogen (secondary N) is 1. The first-order chi connectivity index (χ1) is 19.3. The van der Waals surface area contributed by atoms with Gasteiger partial charge in [-0.15, -0.1) is 0 Å². The zero-order chi connectivity index (χ0) is 28.2. The van der Waals surface area contributed by atoms with Gasteiger partial charge in [0.05, 0.1) is 41.8 Å². The highest BCUT2D eigenvalue weighted by molar-refractivity contribution is 6.31. The van der Waals surface area contributed by atoms with E-state index in [0.717, 1.165) is 32.1 Å². The van der Waals surface area contributed by atoms with Gasteiger partial charge in [0.1, 0.15) is 23.1 Å². The van der Waals surface area contributed by atoms with Crippen LogP contribution in [0.2, 0.25) is 5.02 Å². The maximum Gasteiger partial charge on any atom is 0.330 e. The maximum absolute atomic E-state index is 13.9. The van der Waals surface area contributed by atoms with Crippen molar-refractivity contribution in [3.05, 3.63) is 58.7 Å². The molecule has 0 unspecified atom stereocenters. The molecule has 9 nitrogen and oxygen atoms in total. The van der Waals surface area contributed by atoms with E-state index < -0.39 is 17.4 Å². The summed E-state index contributed by atoms with van der Waals surface area (Å²) in [6, 6.07) is 13.8. The monoisotopic (exact) mass is 560 g/mol. The Balaban J connectivity index is 1.46. The summed E-state index contributed by atoms with van der Waals surface area (Å²) in [6.07, 6.45) is 4.45. The summed E-state index contributed by atoms with van der Waals surface area (Å²) in [5.74, 6) is 0.346. The number of nitrogens with zero attached hydrogens (tertiary/aromatic N) is 3. The zero-order valence-corrected chi connectivity index (χ0v) is 22.9. The van der Waals surface area contributed by atoms with E-state index in [-0.39, 0.29) is 22.6 Å². The lowest BCUT2D eigenvalue weighted by Crippen LogP contribution is -2.70. The number of carboxylic acids is 1. The molecule has 0 atom stereocenters. The normalized spacial score (nSPS) is 26.2. The van der Waals surface area contributed by atoms with Crippen LogP contribution in [-0.2, 0) is 4.79 Å². The third kappa shape index (κ3) is 4.01. The van der Waals surface area contributed by atoms with Crippen molar-refractivity contribution in [2.45, 2.75) is 37.6 Å². The molecule has 1 aromatic heterocycles. The molecule has 206 valence electrons. The van der Waals surface area contributed by atoms with Gasteiger partial charge in [0.2, 0.25) is 0 Å². The molecule has 10 heteroatoms. The second-order valence-corrected chi connectivity index (χ2v) is 11.5. The van der Waals surface area contributed by atoms with E-state index in [4.69, 9.17) is 21.1 Å². The molecule has 3 aromatic rings. The van der Waals surface area contributed by atoms with E-state index in [9.17, 15) is 20.0 Å². The summed E-state index contributed by atoms with van der Waals surface area (Å²) in [4.78, 5) is 26.7. The minimum absolute atomic E-state index is 0.0536. The number of benzene rings is 2. The number of carbonyl (C=O) groups excluding carboxylic acids is 1. The molecular formula is C30H29ClN4O5. The zero-order valence-electron chi connectivity index (χ0n) is 22.2. The van der Waals surface area contributed by atoms with Crippen molar-refractivity contribution < 1.29 is 24.2 Å². The Morgan fingerprint density at radius 1 is 1.05 bits per heavy atom. The molecule has 0 spiro atoms. The number of ether oxygens (including phenoxy) is 2. The third-order valence-electron chi connectivity index (χ3n) is 9.04. The number of hydrogen-bond acceptors (Lipinski definition) is 6. The summed E-state index contributed by atoms with van der Waals surface area (Å²) >= 11 is 6.36. The summed E-state index contributed by atoms with van der Waals surface area (Å²) in [6.45, 7) is 0. The van der Waals surface area contributed by atoms with Crippen molar-refractivity contribution in [2.75, 3.05) is 14.2 Å². The van der Waals surface area contributed by atoms with Gasteiger partial charge in [0, 0.05) is 0 Å². The summed E-state index contributed by atoms with van der Waals surface area (Å²) in [5.41, 5.74) is 0.592. The molecule has 40 heavy (non-hydrogen) atoms. The van der Waals surface area contributed by atoms with Gasteiger partial charge in [0.25, 0.3) is 5.91 Å². The largest absolute Gasteiger partial charge is 0.496 e. The molecule has 1 amide bonds. The Bertz CT molecular complexity index is 1510. The smallest absolute Gasteiger partial charge is 0.330 e. The first-order valence-electron chi connectivity index (χ1n) is 13.4. The minimum Gasteiger partial charge on any atom is -0.496 e. The number of halogens is 1. The van der Waals surface area contributed by atoms with Gasteiger partial charge in [-0.3, -0.25) is 4.79 Å². The highest BCUT2D eigenvalue weighted by Gasteiger charge is 2.62. The SMILES string of the molecule is COc1cccc(OC)c1-c1cc(C(=O)NC2(C(=O)O)C3CC4CC(C3)CC2C4)nn1-c1ccc(C#N)c(Cl)c1. The minimum atomic E-state index is -1.31. The second kappa shape index (κ2) is 9.86. The van der Waals surface area contributed by atoms with Crippen LogP contribution in [-0.4, -0.2) is 46.5 Å². The number of aliphatic carboxylic acids is 1. The molecular weight excluding hydrogens is 532 g/mol. The Morgan fingerprint density at radius 2 is 1.68 bits per heavy atom. The van der Waals surface area contributed by atoms with Crippen LogP contribution >= 0.6 is 11.6 Å². The van der Waals surface area contributed by atoms with Gasteiger partial charge >= 0.3 is 5.97 Å². The lowest BCUT2D eigenvalue weighted by atomic mass is 9.48. The molecule has 4 fully saturated rings. The molecule has 7 rings (SSSR count). The van der Waals surface area contributed by atoms with Gasteiger partial charge in [-0.25, -0.2) is 9.48 Å². The van der Waals surface area contributed by atoms with Crippen molar-refractivity contribution in [2.24, 2.45) is 23.7 Å². The Hall–Kier alpha value is -4.03. The van der Waals surface area contributed by atoms with Crippen molar-refractivity contribution in [3.63, 3.8) is 0 Å². The van der Waals surface area contributed by atoms with E-state index in [1.807, 2.05) is 6.07 Å². The van der Waals surface area contributed by atoms with Gasteiger partial charge in [-0.2, -0.15) is 10.4 Å². The number of hydrogen-bond donors (Lipinski definition) is 2. The van der Waals surface area contributed by atoms with Crippen LogP contribution in [0.25, 0.3) is 16.9 Å². The molecule has 0 aliphatic heterocycles.